The van der Waals surface area contributed by atoms with E-state index >= 15 is 0 Å². The molecule has 1 heterocycles. The van der Waals surface area contributed by atoms with Gasteiger partial charge in [0.1, 0.15) is 18.2 Å². The zero-order valence-corrected chi connectivity index (χ0v) is 21.0. The highest BCUT2D eigenvalue weighted by Crippen LogP contribution is 2.28. The van der Waals surface area contributed by atoms with Gasteiger partial charge in [-0.15, -0.1) is 0 Å². The molecule has 168 valence electrons. The van der Waals surface area contributed by atoms with Gasteiger partial charge in [0.2, 0.25) is 0 Å². The van der Waals surface area contributed by atoms with Crippen molar-refractivity contribution in [2.24, 2.45) is 0 Å². The summed E-state index contributed by atoms with van der Waals surface area (Å²) in [6, 6.07) is 18.7. The van der Waals surface area contributed by atoms with Crippen LogP contribution in [0, 0.1) is 5.82 Å². The van der Waals surface area contributed by atoms with Crippen LogP contribution in [-0.2, 0) is 13.2 Å². The Hall–Kier alpha value is -2.68. The van der Waals surface area contributed by atoms with Crippen LogP contribution < -0.4 is 10.1 Å². The number of aromatic nitrogens is 2. The van der Waals surface area contributed by atoms with Crippen molar-refractivity contribution in [3.63, 3.8) is 0 Å². The molecule has 0 saturated heterocycles. The molecule has 5 nitrogen and oxygen atoms in total. The third-order valence-electron chi connectivity index (χ3n) is 4.71. The predicted octanol–water partition coefficient (Wildman–Crippen LogP) is 7.08. The van der Waals surface area contributed by atoms with E-state index in [4.69, 9.17) is 16.3 Å². The average Bonchev–Trinajstić information content (AvgIpc) is 3.13. The molecule has 0 aliphatic rings. The van der Waals surface area contributed by atoms with Crippen LogP contribution in [0.3, 0.4) is 0 Å². The quantitative estimate of drug-likeness (QED) is 0.249. The largest absolute Gasteiger partial charge is 0.487 e. The van der Waals surface area contributed by atoms with Crippen molar-refractivity contribution in [3.05, 3.63) is 109 Å². The maximum absolute atomic E-state index is 13.1. The van der Waals surface area contributed by atoms with Crippen molar-refractivity contribution in [2.45, 2.75) is 13.2 Å². The van der Waals surface area contributed by atoms with Gasteiger partial charge in [0.05, 0.1) is 16.0 Å². The summed E-state index contributed by atoms with van der Waals surface area (Å²) in [5, 5.41) is 7.72. The second kappa shape index (κ2) is 10.5. The number of hydrogen-bond donors (Lipinski definition) is 1. The van der Waals surface area contributed by atoms with Crippen LogP contribution in [0.1, 0.15) is 21.5 Å². The maximum atomic E-state index is 13.1. The number of benzene rings is 3. The standard InChI is InChI=1S/C24H17Br2ClFN3O2/c25-18-7-10-22(21(27)11-18)33-14-16-1-5-17(6-2-16)24(32)29-23-20(26)13-31(30-23)12-15-3-8-19(28)9-4-15/h1-11,13H,12,14H2,(H,29,30,32). The fourth-order valence-electron chi connectivity index (χ4n) is 3.03. The van der Waals surface area contributed by atoms with E-state index in [9.17, 15) is 9.18 Å². The SMILES string of the molecule is O=C(Nc1nn(Cc2ccc(F)cc2)cc1Br)c1ccc(COc2ccc(Br)cc2Cl)cc1. The highest BCUT2D eigenvalue weighted by molar-refractivity contribution is 9.10. The number of hydrogen-bond acceptors (Lipinski definition) is 3. The van der Waals surface area contributed by atoms with Crippen molar-refractivity contribution in [3.8, 4) is 5.75 Å². The van der Waals surface area contributed by atoms with Crippen molar-refractivity contribution in [1.82, 2.24) is 9.78 Å². The number of nitrogens with zero attached hydrogens (tertiary/aromatic N) is 2. The predicted molar refractivity (Wildman–Crippen MR) is 133 cm³/mol. The fraction of sp³-hybridized carbons (Fsp3) is 0.0833. The minimum absolute atomic E-state index is 0.286. The number of anilines is 1. The molecule has 4 aromatic rings. The number of carbonyl (C=O) groups is 1. The minimum atomic E-state index is -0.289. The van der Waals surface area contributed by atoms with E-state index in [1.54, 1.807) is 47.3 Å². The molecule has 3 aromatic carbocycles. The number of carbonyl (C=O) groups excluding carboxylic acids is 1. The van der Waals surface area contributed by atoms with Gasteiger partial charge in [-0.05, 0) is 69.5 Å². The molecular weight excluding hydrogens is 577 g/mol. The Balaban J connectivity index is 1.36. The number of rotatable bonds is 7. The molecular formula is C24H17Br2ClFN3O2. The lowest BCUT2D eigenvalue weighted by Crippen LogP contribution is -2.13. The number of ether oxygens (including phenoxy) is 1. The lowest BCUT2D eigenvalue weighted by molar-refractivity contribution is 0.102. The number of amides is 1. The van der Waals surface area contributed by atoms with Crippen LogP contribution >= 0.6 is 43.5 Å². The Kier molecular flexibility index (Phi) is 7.47. The van der Waals surface area contributed by atoms with E-state index < -0.39 is 0 Å². The third kappa shape index (κ3) is 6.22. The zero-order chi connectivity index (χ0) is 23.4. The molecule has 0 spiro atoms. The molecule has 0 unspecified atom stereocenters. The zero-order valence-electron chi connectivity index (χ0n) is 17.1. The lowest BCUT2D eigenvalue weighted by atomic mass is 10.1. The molecule has 33 heavy (non-hydrogen) atoms. The van der Waals surface area contributed by atoms with Crippen LogP contribution in [-0.4, -0.2) is 15.7 Å². The first-order chi connectivity index (χ1) is 15.9. The third-order valence-corrected chi connectivity index (χ3v) is 6.08. The molecule has 0 bridgehead atoms. The number of halogens is 4. The van der Waals surface area contributed by atoms with Crippen molar-refractivity contribution in [1.29, 1.82) is 0 Å². The lowest BCUT2D eigenvalue weighted by Gasteiger charge is -2.09. The van der Waals surface area contributed by atoms with Gasteiger partial charge < -0.3 is 10.1 Å². The summed E-state index contributed by atoms with van der Waals surface area (Å²) >= 11 is 13.0. The van der Waals surface area contributed by atoms with E-state index in [1.807, 2.05) is 18.2 Å². The first-order valence-electron chi connectivity index (χ1n) is 9.83. The maximum Gasteiger partial charge on any atom is 0.256 e. The van der Waals surface area contributed by atoms with Crippen LogP contribution in [0.15, 0.2) is 81.9 Å². The van der Waals surface area contributed by atoms with Crippen LogP contribution in [0.2, 0.25) is 5.02 Å². The Morgan fingerprint density at radius 3 is 2.42 bits per heavy atom. The molecule has 0 aliphatic carbocycles. The topological polar surface area (TPSA) is 56.2 Å². The van der Waals surface area contributed by atoms with E-state index in [2.05, 4.69) is 42.3 Å². The van der Waals surface area contributed by atoms with Crippen LogP contribution in [0.4, 0.5) is 10.2 Å². The van der Waals surface area contributed by atoms with Crippen LogP contribution in [0.25, 0.3) is 0 Å². The monoisotopic (exact) mass is 591 g/mol. The van der Waals surface area contributed by atoms with E-state index in [-0.39, 0.29) is 11.7 Å². The van der Waals surface area contributed by atoms with Gasteiger partial charge in [-0.25, -0.2) is 4.39 Å². The fourth-order valence-corrected chi connectivity index (χ4v) is 4.17. The van der Waals surface area contributed by atoms with E-state index in [0.29, 0.717) is 39.8 Å². The molecule has 1 N–H and O–H groups in total. The molecule has 0 aliphatic heterocycles. The summed E-state index contributed by atoms with van der Waals surface area (Å²) in [6.45, 7) is 0.772. The van der Waals surface area contributed by atoms with E-state index in [0.717, 1.165) is 15.6 Å². The molecule has 9 heteroatoms. The van der Waals surface area contributed by atoms with Gasteiger partial charge >= 0.3 is 0 Å². The van der Waals surface area contributed by atoms with Gasteiger partial charge in [-0.3, -0.25) is 9.48 Å². The molecule has 0 saturated carbocycles. The summed E-state index contributed by atoms with van der Waals surface area (Å²) in [5.41, 5.74) is 2.28. The van der Waals surface area contributed by atoms with Gasteiger partial charge in [0, 0.05) is 16.2 Å². The first-order valence-corrected chi connectivity index (χ1v) is 11.8. The minimum Gasteiger partial charge on any atom is -0.487 e. The first kappa shape index (κ1) is 23.5. The highest BCUT2D eigenvalue weighted by atomic mass is 79.9. The smallest absolute Gasteiger partial charge is 0.256 e. The molecule has 0 atom stereocenters. The summed E-state index contributed by atoms with van der Waals surface area (Å²) < 4.78 is 22.0. The second-order valence-corrected chi connectivity index (χ2v) is 9.34. The van der Waals surface area contributed by atoms with Crippen molar-refractivity contribution in [2.75, 3.05) is 5.32 Å². The Morgan fingerprint density at radius 1 is 1.03 bits per heavy atom. The van der Waals surface area contributed by atoms with Gasteiger partial charge in [-0.2, -0.15) is 5.10 Å². The Morgan fingerprint density at radius 2 is 1.73 bits per heavy atom. The molecule has 4 rings (SSSR count). The summed E-state index contributed by atoms with van der Waals surface area (Å²) in [7, 11) is 0. The van der Waals surface area contributed by atoms with Gasteiger partial charge in [0.15, 0.2) is 5.82 Å². The average molecular weight is 594 g/mol. The summed E-state index contributed by atoms with van der Waals surface area (Å²) in [6.07, 6.45) is 1.76. The van der Waals surface area contributed by atoms with Crippen LogP contribution in [0.5, 0.6) is 5.75 Å². The molecule has 0 radical (unpaired) electrons. The molecule has 1 aromatic heterocycles. The van der Waals surface area contributed by atoms with Crippen molar-refractivity contribution >= 4 is 55.2 Å². The Bertz CT molecular complexity index is 1280. The summed E-state index contributed by atoms with van der Waals surface area (Å²) in [4.78, 5) is 12.7. The van der Waals surface area contributed by atoms with Gasteiger partial charge in [0.25, 0.3) is 5.91 Å². The Labute approximate surface area is 211 Å². The molecule has 0 fully saturated rings. The van der Waals surface area contributed by atoms with Crippen molar-refractivity contribution < 1.29 is 13.9 Å². The van der Waals surface area contributed by atoms with Gasteiger partial charge in [-0.1, -0.05) is 51.8 Å². The second-order valence-electron chi connectivity index (χ2n) is 7.16. The van der Waals surface area contributed by atoms with E-state index in [1.165, 1.54) is 12.1 Å². The summed E-state index contributed by atoms with van der Waals surface area (Å²) in [5.74, 6) is 0.413. The molecule has 1 amide bonds. The number of nitrogens with one attached hydrogen (secondary N) is 1. The highest BCUT2D eigenvalue weighted by Gasteiger charge is 2.13. The normalized spacial score (nSPS) is 10.8.